The van der Waals surface area contributed by atoms with E-state index in [1.165, 1.54) is 4.31 Å². The Morgan fingerprint density at radius 1 is 1.08 bits per heavy atom. The second-order valence-electron chi connectivity index (χ2n) is 5.88. The van der Waals surface area contributed by atoms with Crippen LogP contribution in [0.2, 0.25) is 5.02 Å². The fourth-order valence-corrected chi connectivity index (χ4v) is 3.56. The Morgan fingerprint density at radius 3 is 2.16 bits per heavy atom. The van der Waals surface area contributed by atoms with E-state index >= 15 is 0 Å². The summed E-state index contributed by atoms with van der Waals surface area (Å²) in [6, 6.07) is 12.2. The molecule has 134 valence electrons. The molecule has 25 heavy (non-hydrogen) atoms. The minimum atomic E-state index is -3.51. The number of nitrogens with zero attached hydrogens (tertiary/aromatic N) is 1. The number of sulfonamides is 1. The van der Waals surface area contributed by atoms with Crippen LogP contribution in [0.4, 0.5) is 11.4 Å². The number of rotatable bonds is 6. The monoisotopic (exact) mass is 380 g/mol. The molecular formula is C18H21ClN2O3S. The molecule has 0 aliphatic carbocycles. The average molecular weight is 381 g/mol. The third kappa shape index (κ3) is 5.21. The van der Waals surface area contributed by atoms with Crippen molar-refractivity contribution in [2.75, 3.05) is 22.4 Å². The molecule has 0 radical (unpaired) electrons. The van der Waals surface area contributed by atoms with Crippen molar-refractivity contribution in [1.29, 1.82) is 0 Å². The van der Waals surface area contributed by atoms with E-state index in [9.17, 15) is 13.2 Å². The number of benzene rings is 2. The Bertz CT molecular complexity index is 844. The first-order valence-corrected chi connectivity index (χ1v) is 10.0. The Labute approximate surface area is 153 Å². The molecule has 0 saturated heterocycles. The van der Waals surface area contributed by atoms with Crippen molar-refractivity contribution in [3.63, 3.8) is 0 Å². The van der Waals surface area contributed by atoms with Crippen molar-refractivity contribution in [1.82, 2.24) is 0 Å². The van der Waals surface area contributed by atoms with Crippen LogP contribution in [0.15, 0.2) is 42.5 Å². The van der Waals surface area contributed by atoms with Gasteiger partial charge in [-0.05, 0) is 49.2 Å². The molecule has 0 aliphatic heterocycles. The number of hydrogen-bond acceptors (Lipinski definition) is 3. The summed E-state index contributed by atoms with van der Waals surface area (Å²) in [6.07, 6.45) is 1.16. The highest BCUT2D eigenvalue weighted by atomic mass is 35.5. The highest BCUT2D eigenvalue weighted by Crippen LogP contribution is 2.22. The summed E-state index contributed by atoms with van der Waals surface area (Å²) in [5, 5.41) is 3.38. The van der Waals surface area contributed by atoms with Crippen LogP contribution in [0.25, 0.3) is 0 Å². The SMILES string of the molecule is Cc1cccc(C)c1NC(=O)CCN(c1ccc(Cl)cc1)S(C)(=O)=O. The Morgan fingerprint density at radius 2 is 1.64 bits per heavy atom. The molecule has 1 N–H and O–H groups in total. The van der Waals surface area contributed by atoms with Crippen molar-refractivity contribution in [2.45, 2.75) is 20.3 Å². The number of carbonyl (C=O) groups is 1. The first kappa shape index (κ1) is 19.3. The number of carbonyl (C=O) groups excluding carboxylic acids is 1. The van der Waals surface area contributed by atoms with Gasteiger partial charge in [0.2, 0.25) is 15.9 Å². The van der Waals surface area contributed by atoms with Gasteiger partial charge in [0, 0.05) is 23.7 Å². The fourth-order valence-electron chi connectivity index (χ4n) is 2.51. The maximum absolute atomic E-state index is 12.3. The number of nitrogens with one attached hydrogen (secondary N) is 1. The molecule has 0 spiro atoms. The van der Waals surface area contributed by atoms with Gasteiger partial charge in [0.25, 0.3) is 0 Å². The predicted octanol–water partition coefficient (Wildman–Crippen LogP) is 3.75. The lowest BCUT2D eigenvalue weighted by Gasteiger charge is -2.22. The van der Waals surface area contributed by atoms with Crippen LogP contribution in [0.3, 0.4) is 0 Å². The lowest BCUT2D eigenvalue weighted by Crippen LogP contribution is -2.33. The van der Waals surface area contributed by atoms with Gasteiger partial charge in [-0.1, -0.05) is 29.8 Å². The smallest absolute Gasteiger partial charge is 0.232 e. The van der Waals surface area contributed by atoms with E-state index < -0.39 is 10.0 Å². The highest BCUT2D eigenvalue weighted by molar-refractivity contribution is 7.92. The first-order valence-electron chi connectivity index (χ1n) is 7.78. The zero-order chi connectivity index (χ0) is 18.6. The molecule has 1 amide bonds. The summed E-state index contributed by atoms with van der Waals surface area (Å²) in [6.45, 7) is 3.88. The molecule has 2 aromatic carbocycles. The maximum Gasteiger partial charge on any atom is 0.232 e. The Hall–Kier alpha value is -2.05. The average Bonchev–Trinajstić information content (AvgIpc) is 2.52. The number of aryl methyl sites for hydroxylation is 2. The molecule has 2 rings (SSSR count). The normalized spacial score (nSPS) is 11.2. The topological polar surface area (TPSA) is 66.5 Å². The summed E-state index contributed by atoms with van der Waals surface area (Å²) < 4.78 is 25.3. The van der Waals surface area contributed by atoms with E-state index in [1.807, 2.05) is 32.0 Å². The van der Waals surface area contributed by atoms with E-state index in [4.69, 9.17) is 11.6 Å². The van der Waals surface area contributed by atoms with Crippen LogP contribution in [0, 0.1) is 13.8 Å². The van der Waals surface area contributed by atoms with Gasteiger partial charge in [0.15, 0.2) is 0 Å². The predicted molar refractivity (Wildman–Crippen MR) is 103 cm³/mol. The van der Waals surface area contributed by atoms with Crippen LogP contribution in [0.5, 0.6) is 0 Å². The number of anilines is 2. The van der Waals surface area contributed by atoms with Crippen LogP contribution < -0.4 is 9.62 Å². The first-order chi connectivity index (χ1) is 11.7. The second kappa shape index (κ2) is 7.89. The molecule has 0 heterocycles. The van der Waals surface area contributed by atoms with Gasteiger partial charge < -0.3 is 5.32 Å². The van der Waals surface area contributed by atoms with Crippen molar-refractivity contribution < 1.29 is 13.2 Å². The molecule has 2 aromatic rings. The molecular weight excluding hydrogens is 360 g/mol. The third-order valence-electron chi connectivity index (χ3n) is 3.80. The van der Waals surface area contributed by atoms with Crippen LogP contribution in [0.1, 0.15) is 17.5 Å². The van der Waals surface area contributed by atoms with Gasteiger partial charge >= 0.3 is 0 Å². The number of hydrogen-bond donors (Lipinski definition) is 1. The van der Waals surface area contributed by atoms with Gasteiger partial charge in [-0.15, -0.1) is 0 Å². The Balaban J connectivity index is 2.10. The number of para-hydroxylation sites is 1. The molecule has 0 atom stereocenters. The third-order valence-corrected chi connectivity index (χ3v) is 5.25. The lowest BCUT2D eigenvalue weighted by atomic mass is 10.1. The van der Waals surface area contributed by atoms with Gasteiger partial charge in [-0.25, -0.2) is 8.42 Å². The lowest BCUT2D eigenvalue weighted by molar-refractivity contribution is -0.116. The van der Waals surface area contributed by atoms with Crippen molar-refractivity contribution in [3.05, 3.63) is 58.6 Å². The van der Waals surface area contributed by atoms with Crippen LogP contribution >= 0.6 is 11.6 Å². The van der Waals surface area contributed by atoms with E-state index in [0.29, 0.717) is 10.7 Å². The van der Waals surface area contributed by atoms with E-state index in [1.54, 1.807) is 24.3 Å². The minimum Gasteiger partial charge on any atom is -0.326 e. The molecule has 0 fully saturated rings. The molecule has 7 heteroatoms. The zero-order valence-corrected chi connectivity index (χ0v) is 16.0. The van der Waals surface area contributed by atoms with Crippen molar-refractivity contribution >= 4 is 38.9 Å². The van der Waals surface area contributed by atoms with Gasteiger partial charge in [-0.3, -0.25) is 9.10 Å². The molecule has 0 saturated carbocycles. The Kier molecular flexibility index (Phi) is 6.08. The quantitative estimate of drug-likeness (QED) is 0.829. The standard InChI is InChI=1S/C18H21ClN2O3S/c1-13-5-4-6-14(2)18(13)20-17(22)11-12-21(25(3,23)24)16-9-7-15(19)8-10-16/h4-10H,11-12H2,1-3H3,(H,20,22). The van der Waals surface area contributed by atoms with E-state index in [2.05, 4.69) is 5.32 Å². The maximum atomic E-state index is 12.3. The summed E-state index contributed by atoms with van der Waals surface area (Å²) in [5.41, 5.74) is 3.17. The molecule has 0 aromatic heterocycles. The molecule has 0 aliphatic rings. The molecule has 0 unspecified atom stereocenters. The second-order valence-corrected chi connectivity index (χ2v) is 8.22. The highest BCUT2D eigenvalue weighted by Gasteiger charge is 2.19. The summed E-state index contributed by atoms with van der Waals surface area (Å²) in [7, 11) is -3.51. The minimum absolute atomic E-state index is 0.0451. The van der Waals surface area contributed by atoms with Gasteiger partial charge in [-0.2, -0.15) is 0 Å². The van der Waals surface area contributed by atoms with E-state index in [-0.39, 0.29) is 18.9 Å². The van der Waals surface area contributed by atoms with Gasteiger partial charge in [0.1, 0.15) is 0 Å². The fraction of sp³-hybridized carbons (Fsp3) is 0.278. The molecule has 0 bridgehead atoms. The summed E-state index contributed by atoms with van der Waals surface area (Å²) in [5.74, 6) is -0.236. The van der Waals surface area contributed by atoms with Crippen LogP contribution in [-0.2, 0) is 14.8 Å². The molecule has 5 nitrogen and oxygen atoms in total. The van der Waals surface area contributed by atoms with Crippen molar-refractivity contribution in [3.8, 4) is 0 Å². The number of amides is 1. The number of halogens is 1. The van der Waals surface area contributed by atoms with E-state index in [0.717, 1.165) is 23.1 Å². The van der Waals surface area contributed by atoms with Crippen LogP contribution in [-0.4, -0.2) is 27.1 Å². The summed E-state index contributed by atoms with van der Waals surface area (Å²) in [4.78, 5) is 12.3. The summed E-state index contributed by atoms with van der Waals surface area (Å²) >= 11 is 5.85. The van der Waals surface area contributed by atoms with Crippen molar-refractivity contribution in [2.24, 2.45) is 0 Å². The van der Waals surface area contributed by atoms with Gasteiger partial charge in [0.05, 0.1) is 11.9 Å². The largest absolute Gasteiger partial charge is 0.326 e. The zero-order valence-electron chi connectivity index (χ0n) is 14.4.